The lowest BCUT2D eigenvalue weighted by molar-refractivity contribution is 0.736. The molecule has 4 heteroatoms. The topological polar surface area (TPSA) is 60.9 Å². The number of rotatable bonds is 2. The van der Waals surface area contributed by atoms with Gasteiger partial charge in [0.05, 0.1) is 19.4 Å². The first-order chi connectivity index (χ1) is 8.79. The van der Waals surface area contributed by atoms with Crippen LogP contribution in [0.15, 0.2) is 47.7 Å². The van der Waals surface area contributed by atoms with Crippen LogP contribution in [0.5, 0.6) is 0 Å². The SMILES string of the molecule is NCC#Cc1ccc(Cn2cnccc2=O)cc1. The lowest BCUT2D eigenvalue weighted by atomic mass is 10.1. The van der Waals surface area contributed by atoms with Crippen LogP contribution in [0.1, 0.15) is 11.1 Å². The zero-order chi connectivity index (χ0) is 12.8. The van der Waals surface area contributed by atoms with Crippen molar-refractivity contribution in [2.75, 3.05) is 6.54 Å². The van der Waals surface area contributed by atoms with E-state index in [1.54, 1.807) is 4.57 Å². The van der Waals surface area contributed by atoms with Crippen LogP contribution in [-0.4, -0.2) is 16.1 Å². The highest BCUT2D eigenvalue weighted by Crippen LogP contribution is 2.04. The van der Waals surface area contributed by atoms with Crippen LogP contribution in [0.25, 0.3) is 0 Å². The lowest BCUT2D eigenvalue weighted by Crippen LogP contribution is -2.19. The molecule has 0 amide bonds. The predicted molar refractivity (Wildman–Crippen MR) is 70.0 cm³/mol. The van der Waals surface area contributed by atoms with Gasteiger partial charge < -0.3 is 5.73 Å². The first-order valence-electron chi connectivity index (χ1n) is 5.58. The highest BCUT2D eigenvalue weighted by atomic mass is 16.1. The molecular formula is C14H13N3O. The molecule has 0 saturated heterocycles. The molecule has 0 saturated carbocycles. The molecule has 0 aliphatic heterocycles. The highest BCUT2D eigenvalue weighted by Gasteiger charge is 1.97. The Balaban J connectivity index is 2.16. The Morgan fingerprint density at radius 2 is 2.00 bits per heavy atom. The van der Waals surface area contributed by atoms with Crippen molar-refractivity contribution < 1.29 is 0 Å². The number of benzene rings is 1. The van der Waals surface area contributed by atoms with Crippen molar-refractivity contribution in [1.82, 2.24) is 9.55 Å². The highest BCUT2D eigenvalue weighted by molar-refractivity contribution is 5.36. The third-order valence-corrected chi connectivity index (χ3v) is 2.43. The second kappa shape index (κ2) is 5.80. The van der Waals surface area contributed by atoms with Gasteiger partial charge in [-0.2, -0.15) is 0 Å². The first-order valence-corrected chi connectivity index (χ1v) is 5.58. The monoisotopic (exact) mass is 239 g/mol. The van der Waals surface area contributed by atoms with Crippen LogP contribution < -0.4 is 11.3 Å². The van der Waals surface area contributed by atoms with E-state index in [0.29, 0.717) is 13.1 Å². The van der Waals surface area contributed by atoms with Crippen LogP contribution >= 0.6 is 0 Å². The quantitative estimate of drug-likeness (QED) is 0.781. The van der Waals surface area contributed by atoms with Gasteiger partial charge in [0.15, 0.2) is 0 Å². The van der Waals surface area contributed by atoms with E-state index < -0.39 is 0 Å². The number of nitrogens with zero attached hydrogens (tertiary/aromatic N) is 2. The fraction of sp³-hybridized carbons (Fsp3) is 0.143. The summed E-state index contributed by atoms with van der Waals surface area (Å²) in [6.07, 6.45) is 3.02. The zero-order valence-electron chi connectivity index (χ0n) is 9.84. The van der Waals surface area contributed by atoms with Crippen molar-refractivity contribution in [3.05, 3.63) is 64.3 Å². The molecule has 90 valence electrons. The van der Waals surface area contributed by atoms with E-state index in [1.165, 1.54) is 18.6 Å². The van der Waals surface area contributed by atoms with E-state index in [0.717, 1.165) is 11.1 Å². The molecule has 0 aliphatic carbocycles. The van der Waals surface area contributed by atoms with Gasteiger partial charge in [0, 0.05) is 17.8 Å². The van der Waals surface area contributed by atoms with E-state index in [4.69, 9.17) is 5.73 Å². The number of hydrogen-bond donors (Lipinski definition) is 1. The Bertz CT molecular complexity index is 632. The van der Waals surface area contributed by atoms with E-state index in [1.807, 2.05) is 24.3 Å². The first kappa shape index (κ1) is 12.1. The molecule has 0 spiro atoms. The van der Waals surface area contributed by atoms with Gasteiger partial charge in [-0.15, -0.1) is 0 Å². The average Bonchev–Trinajstić information content (AvgIpc) is 2.41. The summed E-state index contributed by atoms with van der Waals surface area (Å²) >= 11 is 0. The third kappa shape index (κ3) is 3.06. The standard InChI is InChI=1S/C14H13N3O/c15-8-1-2-12-3-5-13(6-4-12)10-17-11-16-9-7-14(17)18/h3-7,9,11H,8,10,15H2. The van der Waals surface area contributed by atoms with Gasteiger partial charge in [-0.25, -0.2) is 4.98 Å². The Morgan fingerprint density at radius 3 is 2.67 bits per heavy atom. The van der Waals surface area contributed by atoms with Crippen LogP contribution in [0, 0.1) is 11.8 Å². The van der Waals surface area contributed by atoms with Gasteiger partial charge in [-0.05, 0) is 17.7 Å². The normalized spacial score (nSPS) is 9.61. The Morgan fingerprint density at radius 1 is 1.22 bits per heavy atom. The maximum absolute atomic E-state index is 11.5. The van der Waals surface area contributed by atoms with Crippen molar-refractivity contribution in [2.45, 2.75) is 6.54 Å². The Kier molecular flexibility index (Phi) is 3.90. The molecule has 1 aromatic carbocycles. The van der Waals surface area contributed by atoms with Gasteiger partial charge in [0.1, 0.15) is 0 Å². The minimum absolute atomic E-state index is 0.0583. The molecule has 1 heterocycles. The van der Waals surface area contributed by atoms with Crippen LogP contribution in [-0.2, 0) is 6.54 Å². The number of nitrogens with two attached hydrogens (primary N) is 1. The number of aromatic nitrogens is 2. The van der Waals surface area contributed by atoms with Crippen LogP contribution in [0.2, 0.25) is 0 Å². The van der Waals surface area contributed by atoms with Crippen molar-refractivity contribution >= 4 is 0 Å². The molecule has 18 heavy (non-hydrogen) atoms. The van der Waals surface area contributed by atoms with E-state index in [2.05, 4.69) is 16.8 Å². The second-order valence-corrected chi connectivity index (χ2v) is 3.75. The van der Waals surface area contributed by atoms with Crippen molar-refractivity contribution in [2.24, 2.45) is 5.73 Å². The maximum Gasteiger partial charge on any atom is 0.253 e. The second-order valence-electron chi connectivity index (χ2n) is 3.75. The molecule has 2 aromatic rings. The molecule has 0 atom stereocenters. The van der Waals surface area contributed by atoms with Gasteiger partial charge in [-0.1, -0.05) is 24.0 Å². The fourth-order valence-electron chi connectivity index (χ4n) is 1.54. The zero-order valence-corrected chi connectivity index (χ0v) is 9.84. The molecular weight excluding hydrogens is 226 g/mol. The van der Waals surface area contributed by atoms with E-state index in [-0.39, 0.29) is 5.56 Å². The average molecular weight is 239 g/mol. The van der Waals surface area contributed by atoms with Crippen LogP contribution in [0.4, 0.5) is 0 Å². The van der Waals surface area contributed by atoms with E-state index in [9.17, 15) is 4.79 Å². The molecule has 0 unspecified atom stereocenters. The molecule has 4 nitrogen and oxygen atoms in total. The maximum atomic E-state index is 11.5. The summed E-state index contributed by atoms with van der Waals surface area (Å²) < 4.78 is 1.56. The summed E-state index contributed by atoms with van der Waals surface area (Å²) in [6, 6.07) is 9.17. The van der Waals surface area contributed by atoms with Gasteiger partial charge in [-0.3, -0.25) is 9.36 Å². The summed E-state index contributed by atoms with van der Waals surface area (Å²) in [5, 5.41) is 0. The van der Waals surface area contributed by atoms with Crippen molar-refractivity contribution in [3.63, 3.8) is 0 Å². The summed E-state index contributed by atoms with van der Waals surface area (Å²) in [5.41, 5.74) is 7.20. The lowest BCUT2D eigenvalue weighted by Gasteiger charge is -2.04. The van der Waals surface area contributed by atoms with Crippen molar-refractivity contribution in [1.29, 1.82) is 0 Å². The summed E-state index contributed by atoms with van der Waals surface area (Å²) in [7, 11) is 0. The van der Waals surface area contributed by atoms with Gasteiger partial charge in [0.2, 0.25) is 0 Å². The summed E-state index contributed by atoms with van der Waals surface area (Å²) in [4.78, 5) is 15.4. The number of hydrogen-bond acceptors (Lipinski definition) is 3. The largest absolute Gasteiger partial charge is 0.320 e. The fourth-order valence-corrected chi connectivity index (χ4v) is 1.54. The Labute approximate surface area is 105 Å². The molecule has 0 fully saturated rings. The van der Waals surface area contributed by atoms with Gasteiger partial charge in [0.25, 0.3) is 5.56 Å². The van der Waals surface area contributed by atoms with Gasteiger partial charge >= 0.3 is 0 Å². The minimum atomic E-state index is -0.0583. The smallest absolute Gasteiger partial charge is 0.253 e. The van der Waals surface area contributed by atoms with Crippen LogP contribution in [0.3, 0.4) is 0 Å². The summed E-state index contributed by atoms with van der Waals surface area (Å²) in [6.45, 7) is 0.865. The summed E-state index contributed by atoms with van der Waals surface area (Å²) in [5.74, 6) is 5.75. The Hall–Kier alpha value is -2.38. The molecule has 2 N–H and O–H groups in total. The molecule has 0 radical (unpaired) electrons. The molecule has 2 rings (SSSR count). The molecule has 1 aromatic heterocycles. The molecule has 0 aliphatic rings. The molecule has 0 bridgehead atoms. The van der Waals surface area contributed by atoms with Crippen molar-refractivity contribution in [3.8, 4) is 11.8 Å². The predicted octanol–water partition coefficient (Wildman–Crippen LogP) is 0.602. The third-order valence-electron chi connectivity index (χ3n) is 2.43. The van der Waals surface area contributed by atoms with E-state index >= 15 is 0 Å². The minimum Gasteiger partial charge on any atom is -0.320 e.